The molecule has 0 aliphatic carbocycles. The monoisotopic (exact) mass is 464 g/mol. The van der Waals surface area contributed by atoms with Gasteiger partial charge in [-0.15, -0.1) is 0 Å². The van der Waals surface area contributed by atoms with Crippen molar-refractivity contribution in [1.29, 1.82) is 0 Å². The summed E-state index contributed by atoms with van der Waals surface area (Å²) >= 11 is 5.66. The Morgan fingerprint density at radius 3 is 2.78 bits per heavy atom. The third-order valence-corrected chi connectivity index (χ3v) is 5.49. The van der Waals surface area contributed by atoms with E-state index in [0.717, 1.165) is 6.07 Å². The number of nitrogens with zero attached hydrogens (tertiary/aromatic N) is 1. The molecule has 166 valence electrons. The van der Waals surface area contributed by atoms with Crippen molar-refractivity contribution in [2.24, 2.45) is 0 Å². The van der Waals surface area contributed by atoms with Gasteiger partial charge in [0, 0.05) is 35.7 Å². The van der Waals surface area contributed by atoms with E-state index in [1.807, 2.05) is 0 Å². The number of imide groups is 1. The van der Waals surface area contributed by atoms with Gasteiger partial charge in [-0.1, -0.05) is 35.8 Å². The van der Waals surface area contributed by atoms with Gasteiger partial charge >= 0.3 is 5.92 Å². The van der Waals surface area contributed by atoms with Crippen molar-refractivity contribution in [2.45, 2.75) is 37.9 Å². The zero-order valence-corrected chi connectivity index (χ0v) is 17.2. The third kappa shape index (κ3) is 4.08. The minimum absolute atomic E-state index is 0.0832. The maximum Gasteiger partial charge on any atom is 0.349 e. The van der Waals surface area contributed by atoms with Crippen LogP contribution in [0, 0.1) is 0 Å². The highest BCUT2D eigenvalue weighted by Crippen LogP contribution is 2.30. The van der Waals surface area contributed by atoms with Gasteiger partial charge in [0.05, 0.1) is 4.11 Å². The number of rotatable bonds is 5. The van der Waals surface area contributed by atoms with E-state index in [0.29, 0.717) is 16.7 Å². The molecule has 1 unspecified atom stereocenters. The fourth-order valence-electron chi connectivity index (χ4n) is 3.64. The zero-order chi connectivity index (χ0) is 25.7. The van der Waals surface area contributed by atoms with Crippen LogP contribution in [0.2, 0.25) is 5.02 Å². The van der Waals surface area contributed by atoms with Gasteiger partial charge in [-0.3, -0.25) is 24.5 Å². The Morgan fingerprint density at radius 1 is 1.25 bits per heavy atom. The molecular formula is C22H18ClF2N3O4. The number of carbonyl (C=O) groups is 4. The standard InChI is InChI=1S/C22H18ClF2N3O4/c23-15-4-2-14(3-5-15)22(24,25)21(32)26-10-12-1-6-16-13(9-12)11-28(20(16)31)17-7-8-18(29)27-19(17)30/h1-6,9,17H,7-8,10-11H2,(H,26,32)(H,27,29,30)/i2D,3D,4D. The maximum absolute atomic E-state index is 14.8. The van der Waals surface area contributed by atoms with Crippen molar-refractivity contribution in [3.63, 3.8) is 0 Å². The summed E-state index contributed by atoms with van der Waals surface area (Å²) in [6, 6.07) is 1.92. The van der Waals surface area contributed by atoms with Crippen LogP contribution in [0.15, 0.2) is 42.4 Å². The van der Waals surface area contributed by atoms with Crippen LogP contribution in [0.1, 0.15) is 44.0 Å². The molecule has 0 aromatic heterocycles. The second kappa shape index (κ2) is 8.31. The van der Waals surface area contributed by atoms with E-state index >= 15 is 0 Å². The molecule has 2 N–H and O–H groups in total. The molecule has 1 atom stereocenters. The number of benzene rings is 2. The first kappa shape index (κ1) is 18.3. The first-order chi connectivity index (χ1) is 16.4. The number of amides is 4. The Bertz CT molecular complexity index is 1290. The highest BCUT2D eigenvalue weighted by Gasteiger charge is 2.41. The van der Waals surface area contributed by atoms with E-state index in [2.05, 4.69) is 10.6 Å². The summed E-state index contributed by atoms with van der Waals surface area (Å²) in [5.41, 5.74) is 0.0534. The fraction of sp³-hybridized carbons (Fsp3) is 0.273. The summed E-state index contributed by atoms with van der Waals surface area (Å²) in [5.74, 6) is -7.38. The molecule has 0 spiro atoms. The van der Waals surface area contributed by atoms with Gasteiger partial charge in [-0.05, 0) is 35.7 Å². The fourth-order valence-corrected chi connectivity index (χ4v) is 3.75. The Balaban J connectivity index is 1.48. The predicted octanol–water partition coefficient (Wildman–Crippen LogP) is 2.51. The number of hydrogen-bond donors (Lipinski definition) is 2. The van der Waals surface area contributed by atoms with Crippen LogP contribution in [-0.4, -0.2) is 34.6 Å². The quantitative estimate of drug-likeness (QED) is 0.665. The highest BCUT2D eigenvalue weighted by molar-refractivity contribution is 6.30. The molecular weight excluding hydrogens is 444 g/mol. The van der Waals surface area contributed by atoms with Gasteiger partial charge in [0.2, 0.25) is 11.8 Å². The summed E-state index contributed by atoms with van der Waals surface area (Å²) in [6.45, 7) is -0.254. The van der Waals surface area contributed by atoms with Gasteiger partial charge < -0.3 is 10.2 Å². The molecule has 1 saturated heterocycles. The largest absolute Gasteiger partial charge is 0.349 e. The summed E-state index contributed by atoms with van der Waals surface area (Å²) < 4.78 is 52.6. The average molecular weight is 465 g/mol. The van der Waals surface area contributed by atoms with Crippen molar-refractivity contribution in [3.05, 3.63) is 69.7 Å². The molecule has 2 aromatic rings. The molecule has 2 aliphatic heterocycles. The molecule has 1 fully saturated rings. The summed E-state index contributed by atoms with van der Waals surface area (Å²) in [4.78, 5) is 49.9. The van der Waals surface area contributed by atoms with E-state index in [1.54, 1.807) is 6.07 Å². The van der Waals surface area contributed by atoms with E-state index in [1.165, 1.54) is 17.0 Å². The summed E-state index contributed by atoms with van der Waals surface area (Å²) in [5, 5.41) is 3.92. The molecule has 4 rings (SSSR count). The third-order valence-electron chi connectivity index (χ3n) is 5.29. The van der Waals surface area contributed by atoms with Crippen LogP contribution in [0.4, 0.5) is 8.78 Å². The van der Waals surface area contributed by atoms with Gasteiger partial charge in [0.15, 0.2) is 0 Å². The Hall–Kier alpha value is -3.33. The molecule has 0 radical (unpaired) electrons. The first-order valence-corrected chi connectivity index (χ1v) is 9.99. The second-order valence-corrected chi connectivity index (χ2v) is 7.82. The molecule has 2 heterocycles. The number of fused-ring (bicyclic) bond motifs is 1. The lowest BCUT2D eigenvalue weighted by atomic mass is 10.0. The molecule has 0 saturated carbocycles. The van der Waals surface area contributed by atoms with Crippen LogP contribution in [0.25, 0.3) is 0 Å². The van der Waals surface area contributed by atoms with E-state index in [9.17, 15) is 28.0 Å². The van der Waals surface area contributed by atoms with Crippen molar-refractivity contribution < 1.29 is 32.1 Å². The van der Waals surface area contributed by atoms with E-state index < -0.39 is 59.3 Å². The topological polar surface area (TPSA) is 95.6 Å². The highest BCUT2D eigenvalue weighted by atomic mass is 35.5. The number of hydrogen-bond acceptors (Lipinski definition) is 4. The number of nitrogens with one attached hydrogen (secondary N) is 2. The predicted molar refractivity (Wildman–Crippen MR) is 110 cm³/mol. The molecule has 4 amide bonds. The van der Waals surface area contributed by atoms with Gasteiger partial charge in [0.25, 0.3) is 11.8 Å². The zero-order valence-electron chi connectivity index (χ0n) is 19.4. The minimum Gasteiger partial charge on any atom is -0.346 e. The number of carbonyl (C=O) groups excluding carboxylic acids is 4. The maximum atomic E-state index is 14.8. The van der Waals surface area contributed by atoms with Crippen molar-refractivity contribution >= 4 is 35.2 Å². The Kier molecular flexibility index (Phi) is 4.74. The van der Waals surface area contributed by atoms with Crippen LogP contribution in [0.5, 0.6) is 0 Å². The molecule has 0 bridgehead atoms. The minimum atomic E-state index is -4.26. The van der Waals surface area contributed by atoms with Gasteiger partial charge in [0.1, 0.15) is 6.04 Å². The average Bonchev–Trinajstić information content (AvgIpc) is 3.11. The lowest BCUT2D eigenvalue weighted by Crippen LogP contribution is -2.52. The lowest BCUT2D eigenvalue weighted by molar-refractivity contribution is -0.147. The van der Waals surface area contributed by atoms with Crippen molar-refractivity contribution in [2.75, 3.05) is 0 Å². The Morgan fingerprint density at radius 2 is 2.03 bits per heavy atom. The molecule has 32 heavy (non-hydrogen) atoms. The Labute approximate surface area is 190 Å². The SMILES string of the molecule is [2H]c1cc(Cl)c([2H])c([2H])c1C(F)(F)C(=O)NCc1ccc2c(c1)CN(C1CCC(=O)NC1=O)C2=O. The normalized spacial score (nSPS) is 19.7. The lowest BCUT2D eigenvalue weighted by Gasteiger charge is -2.29. The summed E-state index contributed by atoms with van der Waals surface area (Å²) in [6.07, 6.45) is 0.306. The first-order valence-electron chi connectivity index (χ1n) is 11.1. The molecule has 2 aliphatic rings. The van der Waals surface area contributed by atoms with Crippen LogP contribution in [0.3, 0.4) is 0 Å². The van der Waals surface area contributed by atoms with E-state index in [-0.39, 0.29) is 31.0 Å². The van der Waals surface area contributed by atoms with Crippen LogP contribution in [-0.2, 0) is 33.4 Å². The number of alkyl halides is 2. The van der Waals surface area contributed by atoms with E-state index in [4.69, 9.17) is 15.7 Å². The molecule has 7 nitrogen and oxygen atoms in total. The van der Waals surface area contributed by atoms with Crippen LogP contribution >= 0.6 is 11.6 Å². The van der Waals surface area contributed by atoms with Crippen LogP contribution < -0.4 is 10.6 Å². The number of halogens is 3. The van der Waals surface area contributed by atoms with Crippen molar-refractivity contribution in [1.82, 2.24) is 15.5 Å². The smallest absolute Gasteiger partial charge is 0.346 e. The second-order valence-electron chi connectivity index (χ2n) is 7.41. The summed E-state index contributed by atoms with van der Waals surface area (Å²) in [7, 11) is 0. The molecule has 2 aromatic carbocycles. The number of piperidine rings is 1. The van der Waals surface area contributed by atoms with Gasteiger partial charge in [-0.25, -0.2) is 0 Å². The van der Waals surface area contributed by atoms with Crippen molar-refractivity contribution in [3.8, 4) is 0 Å². The van der Waals surface area contributed by atoms with Gasteiger partial charge in [-0.2, -0.15) is 8.78 Å². The molecule has 10 heteroatoms.